The number of carbonyl (C=O) groups excluding carboxylic acids is 1. The van der Waals surface area contributed by atoms with Crippen LogP contribution in [-0.2, 0) is 0 Å². The van der Waals surface area contributed by atoms with E-state index >= 15 is 0 Å². The van der Waals surface area contributed by atoms with E-state index in [1.807, 2.05) is 73.7 Å². The second kappa shape index (κ2) is 10.4. The summed E-state index contributed by atoms with van der Waals surface area (Å²) >= 11 is 9.90. The summed E-state index contributed by atoms with van der Waals surface area (Å²) in [6, 6.07) is 28.7. The van der Waals surface area contributed by atoms with Crippen LogP contribution in [0.1, 0.15) is 39.6 Å². The minimum atomic E-state index is -0.486. The zero-order valence-corrected chi connectivity index (χ0v) is 23.2. The van der Waals surface area contributed by atoms with Crippen LogP contribution < -0.4 is 0 Å². The summed E-state index contributed by atoms with van der Waals surface area (Å²) in [5.74, 6) is -0.629. The van der Waals surface area contributed by atoms with Crippen LogP contribution in [0, 0.1) is 12.7 Å². The molecule has 6 rings (SSSR count). The fourth-order valence-electron chi connectivity index (χ4n) is 5.19. The van der Waals surface area contributed by atoms with Gasteiger partial charge in [-0.25, -0.2) is 9.40 Å². The number of fused-ring (bicyclic) bond motifs is 1. The van der Waals surface area contributed by atoms with Crippen LogP contribution >= 0.6 is 27.5 Å². The summed E-state index contributed by atoms with van der Waals surface area (Å²) in [6.07, 6.45) is 0.400. The van der Waals surface area contributed by atoms with Gasteiger partial charge < -0.3 is 0 Å². The van der Waals surface area contributed by atoms with Crippen LogP contribution in [0.4, 0.5) is 4.39 Å². The van der Waals surface area contributed by atoms with Crippen LogP contribution in [0.15, 0.2) is 107 Å². The molecule has 0 radical (unpaired) electrons. The van der Waals surface area contributed by atoms with Gasteiger partial charge in [0.1, 0.15) is 5.82 Å². The maximum atomic E-state index is 14.3. The highest BCUT2D eigenvalue weighted by Crippen LogP contribution is 2.40. The molecular formula is C32H22BrClFN3O. The smallest absolute Gasteiger partial charge is 0.267 e. The molecule has 0 unspecified atom stereocenters. The molecule has 0 saturated heterocycles. The molecule has 39 heavy (non-hydrogen) atoms. The number of rotatable bonds is 4. The second-order valence-corrected chi connectivity index (χ2v) is 10.8. The Hall–Kier alpha value is -3.87. The van der Waals surface area contributed by atoms with Crippen molar-refractivity contribution in [2.24, 2.45) is 5.10 Å². The molecule has 5 aromatic rings. The minimum absolute atomic E-state index is 0.267. The second-order valence-electron chi connectivity index (χ2n) is 9.46. The first kappa shape index (κ1) is 25.4. The van der Waals surface area contributed by atoms with E-state index in [-0.39, 0.29) is 11.7 Å². The molecule has 0 spiro atoms. The normalized spacial score (nSPS) is 15.0. The van der Waals surface area contributed by atoms with Gasteiger partial charge in [-0.1, -0.05) is 76.1 Å². The predicted octanol–water partition coefficient (Wildman–Crippen LogP) is 8.76. The van der Waals surface area contributed by atoms with E-state index in [0.717, 1.165) is 37.8 Å². The fourth-order valence-corrected chi connectivity index (χ4v) is 5.76. The molecule has 1 aromatic heterocycles. The third-order valence-corrected chi connectivity index (χ3v) is 7.63. The van der Waals surface area contributed by atoms with E-state index in [1.165, 1.54) is 17.1 Å². The third kappa shape index (κ3) is 4.86. The summed E-state index contributed by atoms with van der Waals surface area (Å²) in [7, 11) is 0. The summed E-state index contributed by atoms with van der Waals surface area (Å²) in [5.41, 5.74) is 6.27. The van der Waals surface area contributed by atoms with Gasteiger partial charge in [0.05, 0.1) is 17.3 Å². The van der Waals surface area contributed by atoms with Crippen molar-refractivity contribution in [2.75, 3.05) is 0 Å². The number of aryl methyl sites for hydroxylation is 1. The van der Waals surface area contributed by atoms with Gasteiger partial charge in [-0.05, 0) is 66.6 Å². The molecule has 7 heteroatoms. The van der Waals surface area contributed by atoms with Gasteiger partial charge in [0.15, 0.2) is 0 Å². The largest absolute Gasteiger partial charge is 0.274 e. The summed E-state index contributed by atoms with van der Waals surface area (Å²) in [5, 5.41) is 7.90. The van der Waals surface area contributed by atoms with Crippen molar-refractivity contribution < 1.29 is 9.18 Å². The summed E-state index contributed by atoms with van der Waals surface area (Å²) in [4.78, 5) is 18.7. The van der Waals surface area contributed by atoms with Gasteiger partial charge in [0.25, 0.3) is 5.91 Å². The summed E-state index contributed by atoms with van der Waals surface area (Å²) < 4.78 is 15.1. The van der Waals surface area contributed by atoms with E-state index in [0.29, 0.717) is 28.3 Å². The number of nitrogens with zero attached hydrogens (tertiary/aromatic N) is 3. The Balaban J connectivity index is 1.57. The van der Waals surface area contributed by atoms with E-state index in [2.05, 4.69) is 15.9 Å². The average Bonchev–Trinajstić information content (AvgIpc) is 3.38. The van der Waals surface area contributed by atoms with Gasteiger partial charge in [0, 0.05) is 43.7 Å². The van der Waals surface area contributed by atoms with Crippen molar-refractivity contribution >= 4 is 50.1 Å². The highest BCUT2D eigenvalue weighted by molar-refractivity contribution is 9.10. The van der Waals surface area contributed by atoms with Gasteiger partial charge in [-0.2, -0.15) is 5.10 Å². The first-order valence-electron chi connectivity index (χ1n) is 12.5. The topological polar surface area (TPSA) is 45.6 Å². The molecule has 1 atom stereocenters. The number of halogens is 3. The molecular weight excluding hydrogens is 577 g/mol. The number of carbonyl (C=O) groups is 1. The van der Waals surface area contributed by atoms with Crippen molar-refractivity contribution in [1.82, 2.24) is 9.99 Å². The standard InChI is InChI=1S/C32H22BrClFN3O/c1-19-30(31(20-7-3-2-4-8-20)26-17-24(34)13-14-27(26)36-19)28-18-29(21-9-6-12-25(35)16-21)38(37-28)32(39)22-10-5-11-23(33)15-22/h2-17,29H,18H2,1H3/t29-/m0/s1. The van der Waals surface area contributed by atoms with Crippen molar-refractivity contribution in [3.63, 3.8) is 0 Å². The number of hydrazone groups is 1. The lowest BCUT2D eigenvalue weighted by atomic mass is 9.89. The molecule has 1 amide bonds. The Morgan fingerprint density at radius 1 is 0.949 bits per heavy atom. The predicted molar refractivity (Wildman–Crippen MR) is 158 cm³/mol. The van der Waals surface area contributed by atoms with Crippen LogP contribution in [0.2, 0.25) is 5.02 Å². The van der Waals surface area contributed by atoms with E-state index < -0.39 is 6.04 Å². The Morgan fingerprint density at radius 3 is 2.51 bits per heavy atom. The van der Waals surface area contributed by atoms with Gasteiger partial charge in [-0.15, -0.1) is 0 Å². The number of pyridine rings is 1. The van der Waals surface area contributed by atoms with Gasteiger partial charge in [0.2, 0.25) is 0 Å². The van der Waals surface area contributed by atoms with E-state index in [4.69, 9.17) is 21.7 Å². The van der Waals surface area contributed by atoms with Crippen molar-refractivity contribution in [1.29, 1.82) is 0 Å². The average molecular weight is 599 g/mol. The number of amides is 1. The van der Waals surface area contributed by atoms with Crippen LogP contribution in [-0.4, -0.2) is 21.6 Å². The van der Waals surface area contributed by atoms with Gasteiger partial charge in [-0.3, -0.25) is 9.78 Å². The lowest BCUT2D eigenvalue weighted by Crippen LogP contribution is -2.27. The van der Waals surface area contributed by atoms with Crippen LogP contribution in [0.5, 0.6) is 0 Å². The molecule has 0 bridgehead atoms. The molecule has 0 saturated carbocycles. The van der Waals surface area contributed by atoms with E-state index in [9.17, 15) is 9.18 Å². The molecule has 2 heterocycles. The van der Waals surface area contributed by atoms with Crippen molar-refractivity contribution in [3.8, 4) is 11.1 Å². The molecule has 1 aliphatic rings. The molecule has 192 valence electrons. The number of benzene rings is 4. The molecule has 1 aliphatic heterocycles. The molecule has 4 nitrogen and oxygen atoms in total. The molecule has 0 fully saturated rings. The zero-order valence-electron chi connectivity index (χ0n) is 20.9. The SMILES string of the molecule is Cc1nc2ccc(Cl)cc2c(-c2ccccc2)c1C1=NN(C(=O)c2cccc(Br)c2)[C@H](c2cccc(F)c2)C1. The van der Waals surface area contributed by atoms with E-state index in [1.54, 1.807) is 18.2 Å². The first-order valence-corrected chi connectivity index (χ1v) is 13.6. The molecule has 0 aliphatic carbocycles. The Labute approximate surface area is 238 Å². The maximum absolute atomic E-state index is 14.3. The monoisotopic (exact) mass is 597 g/mol. The maximum Gasteiger partial charge on any atom is 0.274 e. The fraction of sp³-hybridized carbons (Fsp3) is 0.0938. The minimum Gasteiger partial charge on any atom is -0.267 e. The Bertz CT molecular complexity index is 1770. The highest BCUT2D eigenvalue weighted by Gasteiger charge is 2.36. The number of aromatic nitrogens is 1. The number of hydrogen-bond acceptors (Lipinski definition) is 3. The molecule has 4 aromatic carbocycles. The highest BCUT2D eigenvalue weighted by atomic mass is 79.9. The Morgan fingerprint density at radius 2 is 1.74 bits per heavy atom. The van der Waals surface area contributed by atoms with Crippen LogP contribution in [0.25, 0.3) is 22.0 Å². The Kier molecular flexibility index (Phi) is 6.75. The number of hydrogen-bond donors (Lipinski definition) is 0. The summed E-state index contributed by atoms with van der Waals surface area (Å²) in [6.45, 7) is 1.95. The first-order chi connectivity index (χ1) is 18.9. The van der Waals surface area contributed by atoms with Crippen LogP contribution in [0.3, 0.4) is 0 Å². The van der Waals surface area contributed by atoms with Crippen molar-refractivity contribution in [2.45, 2.75) is 19.4 Å². The third-order valence-electron chi connectivity index (χ3n) is 6.90. The quantitative estimate of drug-likeness (QED) is 0.208. The van der Waals surface area contributed by atoms with Gasteiger partial charge >= 0.3 is 0 Å². The van der Waals surface area contributed by atoms with Crippen molar-refractivity contribution in [3.05, 3.63) is 135 Å². The lowest BCUT2D eigenvalue weighted by Gasteiger charge is -2.22. The zero-order chi connectivity index (χ0) is 27.1. The lowest BCUT2D eigenvalue weighted by molar-refractivity contribution is 0.0711. The molecule has 0 N–H and O–H groups in total.